The Morgan fingerprint density at radius 3 is 2.38 bits per heavy atom. The van der Waals surface area contributed by atoms with Gasteiger partial charge in [-0.25, -0.2) is 0 Å². The third-order valence-electron chi connectivity index (χ3n) is 3.79. The molecule has 21 heavy (non-hydrogen) atoms. The minimum absolute atomic E-state index is 0.163. The second-order valence-corrected chi connectivity index (χ2v) is 6.18. The number of ketones is 1. The topological polar surface area (TPSA) is 17.1 Å². The lowest BCUT2D eigenvalue weighted by atomic mass is 9.81. The highest BCUT2D eigenvalue weighted by molar-refractivity contribution is 6.31. The van der Waals surface area contributed by atoms with Crippen LogP contribution in [0.4, 0.5) is 0 Å². The Morgan fingerprint density at radius 1 is 0.905 bits per heavy atom. The van der Waals surface area contributed by atoms with E-state index in [1.54, 1.807) is 6.08 Å². The molecule has 2 aromatic carbocycles. The predicted octanol–water partition coefficient (Wildman–Crippen LogP) is 5.52. The molecule has 1 aliphatic rings. The van der Waals surface area contributed by atoms with Crippen molar-refractivity contribution in [3.8, 4) is 0 Å². The molecule has 0 radical (unpaired) electrons. The minimum atomic E-state index is 0.163. The van der Waals surface area contributed by atoms with Crippen LogP contribution in [0.25, 0.3) is 5.57 Å². The van der Waals surface area contributed by atoms with E-state index in [4.69, 9.17) is 23.2 Å². The van der Waals surface area contributed by atoms with Gasteiger partial charge in [-0.15, -0.1) is 0 Å². The number of allylic oxidation sites excluding steroid dienone is 2. The van der Waals surface area contributed by atoms with Crippen molar-refractivity contribution in [2.24, 2.45) is 0 Å². The first-order chi connectivity index (χ1) is 10.1. The molecule has 0 fully saturated rings. The van der Waals surface area contributed by atoms with E-state index in [0.29, 0.717) is 16.5 Å². The van der Waals surface area contributed by atoms with Crippen LogP contribution in [0.2, 0.25) is 10.0 Å². The van der Waals surface area contributed by atoms with Crippen molar-refractivity contribution in [2.75, 3.05) is 0 Å². The Kier molecular flexibility index (Phi) is 4.14. The summed E-state index contributed by atoms with van der Waals surface area (Å²) in [5.74, 6) is 0.366. The van der Waals surface area contributed by atoms with E-state index in [0.717, 1.165) is 23.1 Å². The molecule has 3 heteroatoms. The van der Waals surface area contributed by atoms with E-state index in [2.05, 4.69) is 0 Å². The van der Waals surface area contributed by atoms with Crippen molar-refractivity contribution < 1.29 is 4.79 Å². The molecule has 0 heterocycles. The van der Waals surface area contributed by atoms with Crippen molar-refractivity contribution in [3.63, 3.8) is 0 Å². The standard InChI is InChI=1S/C18H14Cl2O/c19-16-6-4-12(5-7-16)14-8-15(11-18(21)10-14)13-2-1-3-17(20)9-13/h1-7,9,11,14H,8,10H2/t14-/m1/s1. The van der Waals surface area contributed by atoms with Crippen LogP contribution in [0.15, 0.2) is 54.6 Å². The Balaban J connectivity index is 1.90. The molecule has 106 valence electrons. The van der Waals surface area contributed by atoms with E-state index < -0.39 is 0 Å². The van der Waals surface area contributed by atoms with Crippen molar-refractivity contribution in [2.45, 2.75) is 18.8 Å². The first kappa shape index (κ1) is 14.4. The summed E-state index contributed by atoms with van der Waals surface area (Å²) < 4.78 is 0. The summed E-state index contributed by atoms with van der Waals surface area (Å²) >= 11 is 12.0. The molecule has 2 aromatic rings. The van der Waals surface area contributed by atoms with Crippen molar-refractivity contribution >= 4 is 34.6 Å². The lowest BCUT2D eigenvalue weighted by Crippen LogP contribution is -2.12. The Morgan fingerprint density at radius 2 is 1.67 bits per heavy atom. The molecule has 1 atom stereocenters. The van der Waals surface area contributed by atoms with Gasteiger partial charge < -0.3 is 0 Å². The highest BCUT2D eigenvalue weighted by Gasteiger charge is 2.23. The van der Waals surface area contributed by atoms with Crippen LogP contribution in [0.3, 0.4) is 0 Å². The first-order valence-electron chi connectivity index (χ1n) is 6.86. The third kappa shape index (κ3) is 3.37. The summed E-state index contributed by atoms with van der Waals surface area (Å²) in [4.78, 5) is 12.0. The molecule has 3 rings (SSSR count). The molecular formula is C18H14Cl2O. The number of hydrogen-bond donors (Lipinski definition) is 0. The summed E-state index contributed by atoms with van der Waals surface area (Å²) in [6.45, 7) is 0. The highest BCUT2D eigenvalue weighted by atomic mass is 35.5. The lowest BCUT2D eigenvalue weighted by Gasteiger charge is -2.23. The zero-order chi connectivity index (χ0) is 14.8. The van der Waals surface area contributed by atoms with Gasteiger partial charge in [0.15, 0.2) is 5.78 Å². The second kappa shape index (κ2) is 6.05. The van der Waals surface area contributed by atoms with Gasteiger partial charge in [0.05, 0.1) is 0 Å². The molecule has 1 nitrogen and oxygen atoms in total. The monoisotopic (exact) mass is 316 g/mol. The molecule has 0 aliphatic heterocycles. The molecule has 1 aliphatic carbocycles. The van der Waals surface area contributed by atoms with E-state index in [1.165, 1.54) is 0 Å². The van der Waals surface area contributed by atoms with E-state index in [1.807, 2.05) is 48.5 Å². The van der Waals surface area contributed by atoms with Crippen LogP contribution >= 0.6 is 23.2 Å². The van der Waals surface area contributed by atoms with Crippen LogP contribution < -0.4 is 0 Å². The van der Waals surface area contributed by atoms with Crippen LogP contribution in [0.5, 0.6) is 0 Å². The van der Waals surface area contributed by atoms with E-state index in [9.17, 15) is 4.79 Å². The third-order valence-corrected chi connectivity index (χ3v) is 4.27. The maximum Gasteiger partial charge on any atom is 0.156 e. The fraction of sp³-hybridized carbons (Fsp3) is 0.167. The number of carbonyl (C=O) groups is 1. The minimum Gasteiger partial charge on any atom is -0.295 e. The Labute approximate surface area is 134 Å². The molecule has 0 spiro atoms. The quantitative estimate of drug-likeness (QED) is 0.712. The maximum atomic E-state index is 12.0. The molecule has 0 saturated carbocycles. The highest BCUT2D eigenvalue weighted by Crippen LogP contribution is 2.36. The molecule has 0 amide bonds. The van der Waals surface area contributed by atoms with Crippen LogP contribution in [-0.4, -0.2) is 5.78 Å². The zero-order valence-electron chi connectivity index (χ0n) is 11.4. The Hall–Kier alpha value is -1.57. The van der Waals surface area contributed by atoms with Gasteiger partial charge in [-0.1, -0.05) is 47.5 Å². The van der Waals surface area contributed by atoms with Gasteiger partial charge in [-0.3, -0.25) is 4.79 Å². The summed E-state index contributed by atoms with van der Waals surface area (Å²) in [5, 5.41) is 1.40. The maximum absolute atomic E-state index is 12.0. The Bertz CT molecular complexity index is 701. The molecule has 0 aromatic heterocycles. The van der Waals surface area contributed by atoms with Gasteiger partial charge in [0, 0.05) is 16.5 Å². The van der Waals surface area contributed by atoms with Crippen molar-refractivity contribution in [1.29, 1.82) is 0 Å². The van der Waals surface area contributed by atoms with Crippen molar-refractivity contribution in [1.82, 2.24) is 0 Å². The molecule has 0 N–H and O–H groups in total. The summed E-state index contributed by atoms with van der Waals surface area (Å²) in [5.41, 5.74) is 3.23. The zero-order valence-corrected chi connectivity index (χ0v) is 12.9. The smallest absolute Gasteiger partial charge is 0.156 e. The SMILES string of the molecule is O=C1C=C(c2cccc(Cl)c2)C[C@@H](c2ccc(Cl)cc2)C1. The number of halogens is 2. The van der Waals surface area contributed by atoms with Crippen molar-refractivity contribution in [3.05, 3.63) is 75.8 Å². The number of carbonyl (C=O) groups excluding carboxylic acids is 1. The molecule has 0 unspecified atom stereocenters. The van der Waals surface area contributed by atoms with Gasteiger partial charge in [0.2, 0.25) is 0 Å². The fourth-order valence-corrected chi connectivity index (χ4v) is 3.07. The van der Waals surface area contributed by atoms with E-state index in [-0.39, 0.29) is 11.7 Å². The molecule has 0 saturated heterocycles. The van der Waals surface area contributed by atoms with Crippen LogP contribution in [0.1, 0.15) is 29.9 Å². The number of rotatable bonds is 2. The molecular weight excluding hydrogens is 303 g/mol. The average Bonchev–Trinajstić information content (AvgIpc) is 2.47. The lowest BCUT2D eigenvalue weighted by molar-refractivity contribution is -0.115. The first-order valence-corrected chi connectivity index (χ1v) is 7.62. The normalized spacial score (nSPS) is 18.5. The van der Waals surface area contributed by atoms with Gasteiger partial charge in [-0.05, 0) is 59.4 Å². The van der Waals surface area contributed by atoms with Gasteiger partial charge in [-0.2, -0.15) is 0 Å². The van der Waals surface area contributed by atoms with Gasteiger partial charge >= 0.3 is 0 Å². The van der Waals surface area contributed by atoms with E-state index >= 15 is 0 Å². The summed E-state index contributed by atoms with van der Waals surface area (Å²) in [7, 11) is 0. The molecule has 0 bridgehead atoms. The fourth-order valence-electron chi connectivity index (χ4n) is 2.75. The van der Waals surface area contributed by atoms with Crippen LogP contribution in [-0.2, 0) is 4.79 Å². The van der Waals surface area contributed by atoms with Crippen LogP contribution in [0, 0.1) is 0 Å². The summed E-state index contributed by atoms with van der Waals surface area (Å²) in [6.07, 6.45) is 3.14. The van der Waals surface area contributed by atoms with Gasteiger partial charge in [0.25, 0.3) is 0 Å². The number of benzene rings is 2. The second-order valence-electron chi connectivity index (χ2n) is 5.30. The predicted molar refractivity (Wildman–Crippen MR) is 87.9 cm³/mol. The largest absolute Gasteiger partial charge is 0.295 e. The summed E-state index contributed by atoms with van der Waals surface area (Å²) in [6, 6.07) is 15.4. The van der Waals surface area contributed by atoms with Gasteiger partial charge in [0.1, 0.15) is 0 Å². The number of hydrogen-bond acceptors (Lipinski definition) is 1. The average molecular weight is 317 g/mol.